The first-order valence-corrected chi connectivity index (χ1v) is 9.55. The highest BCUT2D eigenvalue weighted by Crippen LogP contribution is 2.25. The third-order valence-corrected chi connectivity index (χ3v) is 4.74. The Labute approximate surface area is 166 Å². The summed E-state index contributed by atoms with van der Waals surface area (Å²) < 4.78 is 0. The standard InChI is InChI=1S/C18H14.C10H8/c1-3-8-15(9-4-1)17-12-7-13-18(14-17)16-10-5-2-6-11-16;1-2-6-10-8-4-3-7-9(10)5-1/h1-14H;1-8H. The van der Waals surface area contributed by atoms with Gasteiger partial charge >= 0.3 is 0 Å². The molecule has 5 aromatic carbocycles. The summed E-state index contributed by atoms with van der Waals surface area (Å²) in [5, 5.41) is 2.62. The van der Waals surface area contributed by atoms with Gasteiger partial charge in [0.15, 0.2) is 0 Å². The van der Waals surface area contributed by atoms with E-state index in [-0.39, 0.29) is 0 Å². The molecule has 0 aliphatic carbocycles. The lowest BCUT2D eigenvalue weighted by Gasteiger charge is -2.05. The topological polar surface area (TPSA) is 0 Å². The summed E-state index contributed by atoms with van der Waals surface area (Å²) in [6.45, 7) is 0. The quantitative estimate of drug-likeness (QED) is 0.301. The molecule has 0 unspecified atom stereocenters. The van der Waals surface area contributed by atoms with Crippen LogP contribution >= 0.6 is 0 Å². The molecule has 0 aliphatic rings. The Bertz CT molecular complexity index is 1020. The van der Waals surface area contributed by atoms with Crippen molar-refractivity contribution < 1.29 is 0 Å². The maximum Gasteiger partial charge on any atom is -0.0178 e. The van der Waals surface area contributed by atoms with E-state index < -0.39 is 0 Å². The molecule has 0 aliphatic heterocycles. The van der Waals surface area contributed by atoms with E-state index in [0.717, 1.165) is 0 Å². The molecule has 134 valence electrons. The Kier molecular flexibility index (Phi) is 5.60. The number of benzene rings is 5. The largest absolute Gasteiger partial charge is 0.0622 e. The van der Waals surface area contributed by atoms with E-state index in [2.05, 4.69) is 121 Å². The van der Waals surface area contributed by atoms with Gasteiger partial charge in [0.2, 0.25) is 0 Å². The van der Waals surface area contributed by atoms with Crippen molar-refractivity contribution in [2.45, 2.75) is 0 Å². The van der Waals surface area contributed by atoms with Gasteiger partial charge in [-0.05, 0) is 39.1 Å². The van der Waals surface area contributed by atoms with Gasteiger partial charge in [-0.15, -0.1) is 0 Å². The van der Waals surface area contributed by atoms with Crippen molar-refractivity contribution in [3.63, 3.8) is 0 Å². The molecule has 0 fully saturated rings. The summed E-state index contributed by atoms with van der Waals surface area (Å²) in [6.07, 6.45) is 0. The number of hydrogen-bond donors (Lipinski definition) is 0. The molecular weight excluding hydrogens is 336 g/mol. The maximum atomic E-state index is 2.24. The van der Waals surface area contributed by atoms with Gasteiger partial charge < -0.3 is 0 Å². The van der Waals surface area contributed by atoms with Gasteiger partial charge in [0.1, 0.15) is 0 Å². The molecule has 0 saturated carbocycles. The van der Waals surface area contributed by atoms with Crippen LogP contribution in [-0.2, 0) is 0 Å². The Morgan fingerprint density at radius 3 is 0.964 bits per heavy atom. The second-order valence-electron chi connectivity index (χ2n) is 6.66. The van der Waals surface area contributed by atoms with Crippen LogP contribution in [0.3, 0.4) is 0 Å². The molecule has 0 spiro atoms. The van der Waals surface area contributed by atoms with Crippen LogP contribution in [0.1, 0.15) is 0 Å². The minimum Gasteiger partial charge on any atom is -0.0622 e. The third-order valence-electron chi connectivity index (χ3n) is 4.74. The molecule has 5 aromatic rings. The third kappa shape index (κ3) is 4.36. The normalized spacial score (nSPS) is 10.1. The summed E-state index contributed by atoms with van der Waals surface area (Å²) in [5.74, 6) is 0. The monoisotopic (exact) mass is 358 g/mol. The zero-order valence-corrected chi connectivity index (χ0v) is 15.7. The van der Waals surface area contributed by atoms with E-state index in [0.29, 0.717) is 0 Å². The first-order chi connectivity index (χ1) is 13.9. The molecule has 0 heteroatoms. The molecule has 5 rings (SSSR count). The van der Waals surface area contributed by atoms with Gasteiger partial charge in [-0.1, -0.05) is 127 Å². The number of rotatable bonds is 2. The molecule has 0 amide bonds. The van der Waals surface area contributed by atoms with Crippen molar-refractivity contribution in [3.05, 3.63) is 133 Å². The second kappa shape index (κ2) is 8.83. The zero-order valence-electron chi connectivity index (χ0n) is 15.7. The Morgan fingerprint density at radius 1 is 0.250 bits per heavy atom. The van der Waals surface area contributed by atoms with Crippen LogP contribution in [0.5, 0.6) is 0 Å². The minimum absolute atomic E-state index is 1.26. The second-order valence-corrected chi connectivity index (χ2v) is 6.66. The first-order valence-electron chi connectivity index (χ1n) is 9.55. The van der Waals surface area contributed by atoms with Crippen LogP contribution < -0.4 is 0 Å². The summed E-state index contributed by atoms with van der Waals surface area (Å²) in [6, 6.07) is 46.3. The van der Waals surface area contributed by atoms with Crippen LogP contribution in [0.4, 0.5) is 0 Å². The average Bonchev–Trinajstić information content (AvgIpc) is 2.81. The van der Waals surface area contributed by atoms with E-state index in [1.54, 1.807) is 0 Å². The Morgan fingerprint density at radius 2 is 0.571 bits per heavy atom. The van der Waals surface area contributed by atoms with Gasteiger partial charge in [0.05, 0.1) is 0 Å². The minimum atomic E-state index is 1.26. The van der Waals surface area contributed by atoms with Crippen molar-refractivity contribution in [3.8, 4) is 22.3 Å². The van der Waals surface area contributed by atoms with Crippen molar-refractivity contribution in [2.75, 3.05) is 0 Å². The lowest BCUT2D eigenvalue weighted by molar-refractivity contribution is 1.59. The van der Waals surface area contributed by atoms with Crippen LogP contribution in [0, 0.1) is 0 Å². The van der Waals surface area contributed by atoms with Gasteiger partial charge in [-0.3, -0.25) is 0 Å². The predicted octanol–water partition coefficient (Wildman–Crippen LogP) is 7.86. The fourth-order valence-corrected chi connectivity index (χ4v) is 3.27. The van der Waals surface area contributed by atoms with Gasteiger partial charge in [-0.2, -0.15) is 0 Å². The molecule has 0 heterocycles. The van der Waals surface area contributed by atoms with Gasteiger partial charge in [0.25, 0.3) is 0 Å². The summed E-state index contributed by atoms with van der Waals surface area (Å²) >= 11 is 0. The van der Waals surface area contributed by atoms with Crippen LogP contribution in [0.2, 0.25) is 0 Å². The number of hydrogen-bond acceptors (Lipinski definition) is 0. The number of fused-ring (bicyclic) bond motifs is 1. The Hall–Kier alpha value is -3.64. The van der Waals surface area contributed by atoms with E-state index >= 15 is 0 Å². The van der Waals surface area contributed by atoms with Crippen LogP contribution in [0.25, 0.3) is 33.0 Å². The van der Waals surface area contributed by atoms with Crippen LogP contribution in [0.15, 0.2) is 133 Å². The summed E-state index contributed by atoms with van der Waals surface area (Å²) in [4.78, 5) is 0. The lowest BCUT2D eigenvalue weighted by atomic mass is 9.99. The first kappa shape index (κ1) is 17.8. The highest BCUT2D eigenvalue weighted by Gasteiger charge is 2.00. The summed E-state index contributed by atoms with van der Waals surface area (Å²) in [7, 11) is 0. The molecular formula is C28H22. The maximum absolute atomic E-state index is 2.24. The fourth-order valence-electron chi connectivity index (χ4n) is 3.27. The molecule has 0 bridgehead atoms. The predicted molar refractivity (Wildman–Crippen MR) is 121 cm³/mol. The fraction of sp³-hybridized carbons (Fsp3) is 0. The molecule has 0 atom stereocenters. The molecule has 0 saturated heterocycles. The highest BCUT2D eigenvalue weighted by molar-refractivity contribution is 5.82. The average molecular weight is 358 g/mol. The van der Waals surface area contributed by atoms with E-state index in [9.17, 15) is 0 Å². The SMILES string of the molecule is c1ccc(-c2cccc(-c3ccccc3)c2)cc1.c1ccc2ccccc2c1. The smallest absolute Gasteiger partial charge is 0.0178 e. The van der Waals surface area contributed by atoms with Gasteiger partial charge in [0, 0.05) is 0 Å². The Balaban J connectivity index is 0.000000162. The molecule has 0 radical (unpaired) electrons. The van der Waals surface area contributed by atoms with Crippen molar-refractivity contribution >= 4 is 10.8 Å². The van der Waals surface area contributed by atoms with Crippen molar-refractivity contribution in [1.82, 2.24) is 0 Å². The van der Waals surface area contributed by atoms with E-state index in [1.807, 2.05) is 12.1 Å². The van der Waals surface area contributed by atoms with Crippen molar-refractivity contribution in [1.29, 1.82) is 0 Å². The highest BCUT2D eigenvalue weighted by atomic mass is 14.0. The molecule has 0 aromatic heterocycles. The van der Waals surface area contributed by atoms with Crippen molar-refractivity contribution in [2.24, 2.45) is 0 Å². The molecule has 28 heavy (non-hydrogen) atoms. The lowest BCUT2D eigenvalue weighted by Crippen LogP contribution is -1.80. The molecule has 0 N–H and O–H groups in total. The van der Waals surface area contributed by atoms with E-state index in [1.165, 1.54) is 33.0 Å². The van der Waals surface area contributed by atoms with Crippen LogP contribution in [-0.4, -0.2) is 0 Å². The summed E-state index contributed by atoms with van der Waals surface area (Å²) in [5.41, 5.74) is 5.04. The van der Waals surface area contributed by atoms with E-state index in [4.69, 9.17) is 0 Å². The molecule has 0 nitrogen and oxygen atoms in total. The van der Waals surface area contributed by atoms with Gasteiger partial charge in [-0.25, -0.2) is 0 Å². The zero-order chi connectivity index (χ0) is 19.0.